The number of guanidine groups is 1. The number of oxazole rings is 1. The van der Waals surface area contributed by atoms with Crippen LogP contribution in [0.4, 0.5) is 0 Å². The molecule has 0 aliphatic rings. The van der Waals surface area contributed by atoms with Gasteiger partial charge < -0.3 is 19.8 Å². The van der Waals surface area contributed by atoms with E-state index in [1.54, 1.807) is 13.4 Å². The van der Waals surface area contributed by atoms with Crippen molar-refractivity contribution in [3.05, 3.63) is 84.5 Å². The molecule has 8 heteroatoms. The van der Waals surface area contributed by atoms with Crippen molar-refractivity contribution in [3.8, 4) is 22.9 Å². The van der Waals surface area contributed by atoms with Gasteiger partial charge >= 0.3 is 0 Å². The summed E-state index contributed by atoms with van der Waals surface area (Å²) in [6.45, 7) is 3.73. The van der Waals surface area contributed by atoms with Gasteiger partial charge in [0.25, 0.3) is 0 Å². The Bertz CT molecular complexity index is 1150. The molecule has 0 unspecified atom stereocenters. The van der Waals surface area contributed by atoms with Crippen molar-refractivity contribution in [2.45, 2.75) is 20.0 Å². The zero-order chi connectivity index (χ0) is 22.2. The molecule has 0 bridgehead atoms. The second-order valence-corrected chi connectivity index (χ2v) is 7.01. The number of benzene rings is 2. The van der Waals surface area contributed by atoms with Crippen LogP contribution in [0, 0.1) is 0 Å². The SMILES string of the molecule is CCNC(=NCc1coc(-c2ccccc2)n1)NCc1ccn(-c2ccc(OC)cc2)n1. The molecular weight excluding hydrogens is 404 g/mol. The number of nitrogens with zero attached hydrogens (tertiary/aromatic N) is 4. The van der Waals surface area contributed by atoms with Gasteiger partial charge in [0.15, 0.2) is 5.96 Å². The van der Waals surface area contributed by atoms with E-state index in [-0.39, 0.29) is 0 Å². The number of rotatable bonds is 8. The van der Waals surface area contributed by atoms with Gasteiger partial charge in [-0.3, -0.25) is 0 Å². The van der Waals surface area contributed by atoms with Gasteiger partial charge in [0.1, 0.15) is 17.7 Å². The Morgan fingerprint density at radius 3 is 2.59 bits per heavy atom. The molecule has 0 saturated carbocycles. The predicted molar refractivity (Wildman–Crippen MR) is 124 cm³/mol. The fraction of sp³-hybridized carbons (Fsp3) is 0.208. The maximum atomic E-state index is 5.59. The molecule has 2 aromatic carbocycles. The lowest BCUT2D eigenvalue weighted by Crippen LogP contribution is -2.36. The average Bonchev–Trinajstić information content (AvgIpc) is 3.51. The summed E-state index contributed by atoms with van der Waals surface area (Å²) in [4.78, 5) is 9.14. The molecule has 2 aromatic heterocycles. The van der Waals surface area contributed by atoms with Crippen molar-refractivity contribution in [1.82, 2.24) is 25.4 Å². The summed E-state index contributed by atoms with van der Waals surface area (Å²) in [5.41, 5.74) is 3.59. The minimum Gasteiger partial charge on any atom is -0.497 e. The Morgan fingerprint density at radius 2 is 1.84 bits per heavy atom. The Labute approximate surface area is 187 Å². The highest BCUT2D eigenvalue weighted by molar-refractivity contribution is 5.79. The Kier molecular flexibility index (Phi) is 6.81. The van der Waals surface area contributed by atoms with Crippen LogP contribution in [0.1, 0.15) is 18.3 Å². The van der Waals surface area contributed by atoms with Crippen LogP contribution < -0.4 is 15.4 Å². The standard InChI is InChI=1S/C24H26N6O2/c1-3-25-24(27-16-20-17-32-23(28-20)18-7-5-4-6-8-18)26-15-19-13-14-30(29-19)21-9-11-22(31-2)12-10-21/h4-14,17H,3,15-16H2,1-2H3,(H2,25,26,27). The molecule has 0 atom stereocenters. The van der Waals surface area contributed by atoms with Gasteiger partial charge in [-0.2, -0.15) is 5.10 Å². The summed E-state index contributed by atoms with van der Waals surface area (Å²) in [7, 11) is 1.65. The molecule has 0 spiro atoms. The van der Waals surface area contributed by atoms with Crippen LogP contribution in [-0.4, -0.2) is 34.4 Å². The maximum Gasteiger partial charge on any atom is 0.226 e. The number of aromatic nitrogens is 3. The molecular formula is C24H26N6O2. The largest absolute Gasteiger partial charge is 0.497 e. The molecule has 0 saturated heterocycles. The van der Waals surface area contributed by atoms with Gasteiger partial charge in [-0.05, 0) is 49.4 Å². The van der Waals surface area contributed by atoms with Gasteiger partial charge in [0.05, 0.1) is 31.6 Å². The lowest BCUT2D eigenvalue weighted by atomic mass is 10.2. The number of ether oxygens (including phenoxy) is 1. The number of hydrogen-bond acceptors (Lipinski definition) is 5. The highest BCUT2D eigenvalue weighted by Gasteiger charge is 2.07. The van der Waals surface area contributed by atoms with Gasteiger partial charge in [0, 0.05) is 18.3 Å². The molecule has 4 rings (SSSR count). The summed E-state index contributed by atoms with van der Waals surface area (Å²) >= 11 is 0. The van der Waals surface area contributed by atoms with Crippen LogP contribution in [0.15, 0.2) is 82.5 Å². The summed E-state index contributed by atoms with van der Waals surface area (Å²) in [5.74, 6) is 2.10. The summed E-state index contributed by atoms with van der Waals surface area (Å²) in [6, 6.07) is 19.6. The number of methoxy groups -OCH3 is 1. The molecule has 8 nitrogen and oxygen atoms in total. The Morgan fingerprint density at radius 1 is 1.03 bits per heavy atom. The smallest absolute Gasteiger partial charge is 0.226 e. The average molecular weight is 431 g/mol. The first-order valence-corrected chi connectivity index (χ1v) is 10.5. The van der Waals surface area contributed by atoms with Gasteiger partial charge in [0.2, 0.25) is 5.89 Å². The minimum absolute atomic E-state index is 0.409. The zero-order valence-corrected chi connectivity index (χ0v) is 18.2. The van der Waals surface area contributed by atoms with Crippen molar-refractivity contribution in [2.24, 2.45) is 4.99 Å². The summed E-state index contributed by atoms with van der Waals surface area (Å²) < 4.78 is 12.6. The minimum atomic E-state index is 0.409. The van der Waals surface area contributed by atoms with Crippen molar-refractivity contribution < 1.29 is 9.15 Å². The molecule has 0 aliphatic heterocycles. The van der Waals surface area contributed by atoms with Crippen LogP contribution in [0.2, 0.25) is 0 Å². The summed E-state index contributed by atoms with van der Waals surface area (Å²) in [6.07, 6.45) is 3.58. The van der Waals surface area contributed by atoms with E-state index in [0.29, 0.717) is 24.9 Å². The zero-order valence-electron chi connectivity index (χ0n) is 18.2. The number of hydrogen-bond donors (Lipinski definition) is 2. The lowest BCUT2D eigenvalue weighted by Gasteiger charge is -2.09. The van der Waals surface area contributed by atoms with E-state index in [1.807, 2.05) is 78.5 Å². The van der Waals surface area contributed by atoms with Crippen molar-refractivity contribution in [3.63, 3.8) is 0 Å². The highest BCUT2D eigenvalue weighted by atomic mass is 16.5. The molecule has 2 N–H and O–H groups in total. The Balaban J connectivity index is 1.37. The third-order valence-electron chi connectivity index (χ3n) is 4.73. The van der Waals surface area contributed by atoms with Gasteiger partial charge in [-0.25, -0.2) is 14.7 Å². The monoisotopic (exact) mass is 430 g/mol. The van der Waals surface area contributed by atoms with Crippen LogP contribution in [0.3, 0.4) is 0 Å². The first kappa shape index (κ1) is 21.2. The molecule has 0 fully saturated rings. The summed E-state index contributed by atoms with van der Waals surface area (Å²) in [5, 5.41) is 11.2. The van der Waals surface area contributed by atoms with Crippen LogP contribution >= 0.6 is 0 Å². The van der Waals surface area contributed by atoms with E-state index in [2.05, 4.69) is 25.7 Å². The molecule has 2 heterocycles. The first-order chi connectivity index (χ1) is 15.7. The van der Waals surface area contributed by atoms with E-state index in [4.69, 9.17) is 9.15 Å². The van der Waals surface area contributed by atoms with Gasteiger partial charge in [-0.15, -0.1) is 0 Å². The molecule has 4 aromatic rings. The second-order valence-electron chi connectivity index (χ2n) is 7.01. The third kappa shape index (κ3) is 5.34. The Hall–Kier alpha value is -4.07. The van der Waals surface area contributed by atoms with Gasteiger partial charge in [-0.1, -0.05) is 18.2 Å². The van der Waals surface area contributed by atoms with Crippen LogP contribution in [0.25, 0.3) is 17.1 Å². The quantitative estimate of drug-likeness (QED) is 0.327. The van der Waals surface area contributed by atoms with Crippen molar-refractivity contribution in [2.75, 3.05) is 13.7 Å². The predicted octanol–water partition coefficient (Wildman–Crippen LogP) is 3.79. The number of nitrogens with one attached hydrogen (secondary N) is 2. The molecule has 0 aliphatic carbocycles. The topological polar surface area (TPSA) is 89.5 Å². The van der Waals surface area contributed by atoms with Crippen LogP contribution in [0.5, 0.6) is 5.75 Å². The fourth-order valence-corrected chi connectivity index (χ4v) is 3.10. The normalized spacial score (nSPS) is 11.4. The highest BCUT2D eigenvalue weighted by Crippen LogP contribution is 2.18. The lowest BCUT2D eigenvalue weighted by molar-refractivity contribution is 0.414. The second kappa shape index (κ2) is 10.3. The molecule has 0 amide bonds. The number of aliphatic imine (C=N–C) groups is 1. The van der Waals surface area contributed by atoms with E-state index in [0.717, 1.165) is 34.9 Å². The molecule has 32 heavy (non-hydrogen) atoms. The van der Waals surface area contributed by atoms with E-state index in [1.165, 1.54) is 0 Å². The molecule has 0 radical (unpaired) electrons. The van der Waals surface area contributed by atoms with E-state index < -0.39 is 0 Å². The maximum absolute atomic E-state index is 5.59. The third-order valence-corrected chi connectivity index (χ3v) is 4.73. The fourth-order valence-electron chi connectivity index (χ4n) is 3.10. The van der Waals surface area contributed by atoms with E-state index >= 15 is 0 Å². The van der Waals surface area contributed by atoms with Crippen molar-refractivity contribution >= 4 is 5.96 Å². The van der Waals surface area contributed by atoms with Crippen molar-refractivity contribution in [1.29, 1.82) is 0 Å². The van der Waals surface area contributed by atoms with Crippen LogP contribution in [-0.2, 0) is 13.1 Å². The van der Waals surface area contributed by atoms with E-state index in [9.17, 15) is 0 Å². The molecule has 164 valence electrons. The first-order valence-electron chi connectivity index (χ1n) is 10.5.